The van der Waals surface area contributed by atoms with E-state index in [0.717, 1.165) is 17.0 Å². The highest BCUT2D eigenvalue weighted by Gasteiger charge is 2.16. The summed E-state index contributed by atoms with van der Waals surface area (Å²) >= 11 is 1.26. The first kappa shape index (κ1) is 21.6. The zero-order valence-electron chi connectivity index (χ0n) is 17.3. The van der Waals surface area contributed by atoms with Crippen LogP contribution >= 0.6 is 11.3 Å². The van der Waals surface area contributed by atoms with E-state index in [4.69, 9.17) is 0 Å². The van der Waals surface area contributed by atoms with Gasteiger partial charge in [0.2, 0.25) is 5.91 Å². The second kappa shape index (κ2) is 9.13. The summed E-state index contributed by atoms with van der Waals surface area (Å²) in [6.07, 6.45) is 0.292. The fraction of sp³-hybridized carbons (Fsp3) is 0.273. The molecule has 30 heavy (non-hydrogen) atoms. The number of amides is 2. The molecule has 0 saturated heterocycles. The van der Waals surface area contributed by atoms with Crippen LogP contribution in [-0.2, 0) is 11.3 Å². The number of aromatic nitrogens is 2. The molecule has 1 N–H and O–H groups in total. The van der Waals surface area contributed by atoms with Crippen molar-refractivity contribution in [2.75, 3.05) is 11.9 Å². The van der Waals surface area contributed by atoms with Crippen molar-refractivity contribution in [3.05, 3.63) is 64.2 Å². The average molecular weight is 427 g/mol. The minimum absolute atomic E-state index is 0.172. The van der Waals surface area contributed by atoms with Crippen molar-refractivity contribution in [3.8, 4) is 10.6 Å². The monoisotopic (exact) mass is 426 g/mol. The van der Waals surface area contributed by atoms with E-state index >= 15 is 0 Å². The van der Waals surface area contributed by atoms with Crippen molar-refractivity contribution < 1.29 is 14.0 Å². The number of pyridine rings is 1. The lowest BCUT2D eigenvalue weighted by Gasteiger charge is -2.17. The van der Waals surface area contributed by atoms with Crippen LogP contribution in [-0.4, -0.2) is 28.8 Å². The molecule has 6 nitrogen and oxygen atoms in total. The minimum Gasteiger partial charge on any atom is -0.347 e. The molecular weight excluding hydrogens is 403 g/mol. The maximum Gasteiger partial charge on any atom is 0.271 e. The van der Waals surface area contributed by atoms with Crippen LogP contribution in [0, 0.1) is 19.7 Å². The van der Waals surface area contributed by atoms with Gasteiger partial charge in [-0.1, -0.05) is 13.0 Å². The summed E-state index contributed by atoms with van der Waals surface area (Å²) < 4.78 is 14.5. The number of nitrogens with one attached hydrogen (secondary N) is 1. The Bertz CT molecular complexity index is 1100. The Morgan fingerprint density at radius 3 is 2.60 bits per heavy atom. The van der Waals surface area contributed by atoms with Crippen molar-refractivity contribution >= 4 is 28.8 Å². The van der Waals surface area contributed by atoms with Gasteiger partial charge in [0, 0.05) is 42.3 Å². The van der Waals surface area contributed by atoms with Crippen molar-refractivity contribution in [2.24, 2.45) is 0 Å². The first-order valence-electron chi connectivity index (χ1n) is 9.53. The summed E-state index contributed by atoms with van der Waals surface area (Å²) in [5.74, 6) is -0.989. The highest BCUT2D eigenvalue weighted by molar-refractivity contribution is 7.13. The van der Waals surface area contributed by atoms with Gasteiger partial charge in [-0.3, -0.25) is 14.6 Å². The Morgan fingerprint density at radius 2 is 1.93 bits per heavy atom. The van der Waals surface area contributed by atoms with Gasteiger partial charge in [-0.2, -0.15) is 0 Å². The van der Waals surface area contributed by atoms with Crippen LogP contribution in [0.25, 0.3) is 10.6 Å². The van der Waals surface area contributed by atoms with E-state index in [1.807, 2.05) is 26.0 Å². The second-order valence-electron chi connectivity index (χ2n) is 6.89. The van der Waals surface area contributed by atoms with Gasteiger partial charge in [0.15, 0.2) is 0 Å². The molecule has 2 aromatic heterocycles. The molecule has 1 aromatic carbocycles. The third kappa shape index (κ3) is 4.71. The zero-order chi connectivity index (χ0) is 21.8. The fourth-order valence-electron chi connectivity index (χ4n) is 2.96. The number of rotatable bonds is 6. The summed E-state index contributed by atoms with van der Waals surface area (Å²) in [5.41, 5.74) is 3.77. The van der Waals surface area contributed by atoms with Crippen LogP contribution in [0.1, 0.15) is 40.8 Å². The van der Waals surface area contributed by atoms with E-state index in [1.165, 1.54) is 22.3 Å². The van der Waals surface area contributed by atoms with E-state index in [-0.39, 0.29) is 23.2 Å². The summed E-state index contributed by atoms with van der Waals surface area (Å²) in [5, 5.41) is 5.01. The van der Waals surface area contributed by atoms with Crippen LogP contribution in [0.5, 0.6) is 0 Å². The minimum atomic E-state index is -0.514. The highest BCUT2D eigenvalue weighted by Crippen LogP contribution is 2.28. The molecule has 0 atom stereocenters. The first-order valence-corrected chi connectivity index (χ1v) is 10.4. The molecule has 3 rings (SSSR count). The van der Waals surface area contributed by atoms with Crippen LogP contribution in [0.15, 0.2) is 35.7 Å². The number of anilines is 1. The quantitative estimate of drug-likeness (QED) is 0.639. The number of halogens is 1. The second-order valence-corrected chi connectivity index (χ2v) is 7.75. The Morgan fingerprint density at radius 1 is 1.17 bits per heavy atom. The number of hydrogen-bond donors (Lipinski definition) is 1. The summed E-state index contributed by atoms with van der Waals surface area (Å²) in [4.78, 5) is 34.3. The lowest BCUT2D eigenvalue weighted by atomic mass is 10.2. The molecule has 0 aliphatic rings. The number of nitrogens with zero attached hydrogens (tertiary/aromatic N) is 3. The molecule has 0 bridgehead atoms. The molecule has 156 valence electrons. The molecule has 0 unspecified atom stereocenters. The van der Waals surface area contributed by atoms with Gasteiger partial charge < -0.3 is 10.2 Å². The predicted octanol–water partition coefficient (Wildman–Crippen LogP) is 4.26. The molecule has 0 saturated carbocycles. The van der Waals surface area contributed by atoms with Gasteiger partial charge in [0.1, 0.15) is 16.5 Å². The third-order valence-electron chi connectivity index (χ3n) is 4.74. The number of hydrogen-bond acceptors (Lipinski definition) is 5. The lowest BCUT2D eigenvalue weighted by molar-refractivity contribution is -0.118. The molecule has 3 aromatic rings. The van der Waals surface area contributed by atoms with Gasteiger partial charge in [0.05, 0.1) is 5.69 Å². The van der Waals surface area contributed by atoms with Gasteiger partial charge in [-0.25, -0.2) is 9.37 Å². The highest BCUT2D eigenvalue weighted by atomic mass is 32.1. The molecule has 2 heterocycles. The largest absolute Gasteiger partial charge is 0.347 e. The molecule has 0 radical (unpaired) electrons. The van der Waals surface area contributed by atoms with Crippen LogP contribution < -0.4 is 10.2 Å². The lowest BCUT2D eigenvalue weighted by Crippen LogP contribution is -2.26. The van der Waals surface area contributed by atoms with E-state index in [2.05, 4.69) is 15.3 Å². The Labute approximate surface area is 178 Å². The summed E-state index contributed by atoms with van der Waals surface area (Å²) in [7, 11) is 1.54. The Balaban J connectivity index is 1.71. The van der Waals surface area contributed by atoms with Gasteiger partial charge >= 0.3 is 0 Å². The van der Waals surface area contributed by atoms with E-state index in [1.54, 1.807) is 31.5 Å². The van der Waals surface area contributed by atoms with Crippen molar-refractivity contribution in [2.45, 2.75) is 33.7 Å². The number of thiazole rings is 1. The third-order valence-corrected chi connectivity index (χ3v) is 5.63. The molecule has 0 spiro atoms. The smallest absolute Gasteiger partial charge is 0.271 e. The number of carbonyl (C=O) groups excluding carboxylic acids is 2. The van der Waals surface area contributed by atoms with E-state index < -0.39 is 5.82 Å². The molecule has 0 fully saturated rings. The first-order chi connectivity index (χ1) is 14.3. The van der Waals surface area contributed by atoms with E-state index in [9.17, 15) is 14.0 Å². The maximum absolute atomic E-state index is 14.5. The molecule has 0 aliphatic carbocycles. The summed E-state index contributed by atoms with van der Waals surface area (Å²) in [6, 6.07) is 8.41. The zero-order valence-corrected chi connectivity index (χ0v) is 18.1. The standard InChI is InChI=1S/C22H23FN4O2S/c1-5-20(28)27(4)19-9-8-15(10-17(19)23)22-26-18(12-30-22)21(29)24-11-16-7-6-13(2)25-14(16)3/h6-10,12H,5,11H2,1-4H3,(H,24,29). The SMILES string of the molecule is CCC(=O)N(C)c1ccc(-c2nc(C(=O)NCc3ccc(C)nc3C)cs2)cc1F. The van der Waals surface area contributed by atoms with Crippen LogP contribution in [0.2, 0.25) is 0 Å². The Hall–Kier alpha value is -3.13. The molecular formula is C22H23FN4O2S. The predicted molar refractivity (Wildman–Crippen MR) is 116 cm³/mol. The van der Waals surface area contributed by atoms with Crippen molar-refractivity contribution in [1.29, 1.82) is 0 Å². The molecule has 8 heteroatoms. The fourth-order valence-corrected chi connectivity index (χ4v) is 3.76. The van der Waals surface area contributed by atoms with Crippen molar-refractivity contribution in [1.82, 2.24) is 15.3 Å². The number of carbonyl (C=O) groups is 2. The van der Waals surface area contributed by atoms with Crippen LogP contribution in [0.3, 0.4) is 0 Å². The van der Waals surface area contributed by atoms with Gasteiger partial charge in [-0.15, -0.1) is 11.3 Å². The Kier molecular flexibility index (Phi) is 6.56. The van der Waals surface area contributed by atoms with E-state index in [0.29, 0.717) is 23.5 Å². The normalized spacial score (nSPS) is 10.7. The van der Waals surface area contributed by atoms with Gasteiger partial charge in [-0.05, 0) is 43.7 Å². The van der Waals surface area contributed by atoms with Crippen LogP contribution in [0.4, 0.5) is 10.1 Å². The number of aryl methyl sites for hydroxylation is 2. The topological polar surface area (TPSA) is 75.2 Å². The maximum atomic E-state index is 14.5. The molecule has 2 amide bonds. The average Bonchev–Trinajstić information content (AvgIpc) is 3.22. The van der Waals surface area contributed by atoms with Crippen molar-refractivity contribution in [3.63, 3.8) is 0 Å². The van der Waals surface area contributed by atoms with Gasteiger partial charge in [0.25, 0.3) is 5.91 Å². The molecule has 0 aliphatic heterocycles. The summed E-state index contributed by atoms with van der Waals surface area (Å²) in [6.45, 7) is 5.90. The number of benzene rings is 1.